The summed E-state index contributed by atoms with van der Waals surface area (Å²) in [5, 5.41) is 5.60. The second-order valence-corrected chi connectivity index (χ2v) is 7.77. The Bertz CT molecular complexity index is 1540. The Labute approximate surface area is 201 Å². The van der Waals surface area contributed by atoms with Gasteiger partial charge in [-0.05, 0) is 24.3 Å². The molecule has 7 nitrogen and oxygen atoms in total. The molecule has 172 valence electrons. The molecule has 0 unspecified atom stereocenters. The number of benzene rings is 3. The molecule has 0 fully saturated rings. The lowest BCUT2D eigenvalue weighted by Gasteiger charge is -2.07. The van der Waals surface area contributed by atoms with E-state index in [2.05, 4.69) is 5.10 Å². The van der Waals surface area contributed by atoms with Crippen LogP contribution < -0.4 is 0 Å². The van der Waals surface area contributed by atoms with Crippen molar-refractivity contribution in [1.29, 1.82) is 0 Å². The summed E-state index contributed by atoms with van der Waals surface area (Å²) < 4.78 is 11.4. The third kappa shape index (κ3) is 4.04. The minimum Gasteiger partial charge on any atom is -0.465 e. The van der Waals surface area contributed by atoms with Crippen LogP contribution in [-0.4, -0.2) is 40.9 Å². The summed E-state index contributed by atoms with van der Waals surface area (Å²) in [5.74, 6) is -1.38. The van der Waals surface area contributed by atoms with Gasteiger partial charge in [-0.1, -0.05) is 66.7 Å². The number of esters is 2. The van der Waals surface area contributed by atoms with E-state index in [9.17, 15) is 9.59 Å². The summed E-state index contributed by atoms with van der Waals surface area (Å²) >= 11 is 0. The van der Waals surface area contributed by atoms with Gasteiger partial charge in [0, 0.05) is 16.5 Å². The molecule has 0 atom stereocenters. The highest BCUT2D eigenvalue weighted by molar-refractivity contribution is 6.07. The summed E-state index contributed by atoms with van der Waals surface area (Å²) in [6.07, 6.45) is 0. The van der Waals surface area contributed by atoms with Crippen molar-refractivity contribution < 1.29 is 19.1 Å². The predicted octanol–water partition coefficient (Wildman–Crippen LogP) is 5.33. The molecule has 0 N–H and O–H groups in total. The highest BCUT2D eigenvalue weighted by Gasteiger charge is 2.31. The number of aromatic nitrogens is 3. The van der Waals surface area contributed by atoms with Gasteiger partial charge in [0.05, 0.1) is 31.1 Å². The second kappa shape index (κ2) is 9.23. The number of rotatable bonds is 5. The fraction of sp³-hybridized carbons (Fsp3) is 0.0714. The van der Waals surface area contributed by atoms with E-state index in [1.54, 1.807) is 12.1 Å². The van der Waals surface area contributed by atoms with Crippen molar-refractivity contribution in [2.75, 3.05) is 14.2 Å². The Balaban J connectivity index is 1.74. The Morgan fingerprint density at radius 3 is 2.09 bits per heavy atom. The maximum Gasteiger partial charge on any atom is 0.357 e. The Hall–Kier alpha value is -4.78. The number of hydrogen-bond acceptors (Lipinski definition) is 6. The van der Waals surface area contributed by atoms with E-state index in [0.717, 1.165) is 22.2 Å². The number of ether oxygens (including phenoxy) is 2. The van der Waals surface area contributed by atoms with E-state index in [4.69, 9.17) is 14.5 Å². The third-order valence-corrected chi connectivity index (χ3v) is 5.69. The second-order valence-electron chi connectivity index (χ2n) is 7.77. The number of carbonyl (C=O) groups excluding carboxylic acids is 2. The van der Waals surface area contributed by atoms with Gasteiger partial charge in [-0.15, -0.1) is 0 Å². The number of methoxy groups -OCH3 is 2. The molecule has 5 rings (SSSR count). The van der Waals surface area contributed by atoms with Crippen molar-refractivity contribution >= 4 is 22.8 Å². The summed E-state index contributed by atoms with van der Waals surface area (Å²) in [5.41, 5.74) is 4.10. The molecule has 2 heterocycles. The van der Waals surface area contributed by atoms with Crippen LogP contribution in [0.2, 0.25) is 0 Å². The normalized spacial score (nSPS) is 10.8. The third-order valence-electron chi connectivity index (χ3n) is 5.69. The Kier molecular flexibility index (Phi) is 5.81. The van der Waals surface area contributed by atoms with Crippen molar-refractivity contribution in [1.82, 2.24) is 14.8 Å². The molecular weight excluding hydrogens is 442 g/mol. The minimum absolute atomic E-state index is 0.00774. The van der Waals surface area contributed by atoms with E-state index in [0.29, 0.717) is 16.9 Å². The number of nitrogens with zero attached hydrogens (tertiary/aromatic N) is 3. The van der Waals surface area contributed by atoms with Crippen LogP contribution >= 0.6 is 0 Å². The number of carbonyl (C=O) groups is 2. The number of hydrogen-bond donors (Lipinski definition) is 0. The molecule has 0 saturated carbocycles. The molecule has 7 heteroatoms. The van der Waals surface area contributed by atoms with Crippen LogP contribution in [0, 0.1) is 0 Å². The smallest absolute Gasteiger partial charge is 0.357 e. The first-order valence-electron chi connectivity index (χ1n) is 10.9. The van der Waals surface area contributed by atoms with Crippen LogP contribution in [0.15, 0.2) is 91.0 Å². The van der Waals surface area contributed by atoms with Crippen molar-refractivity contribution in [2.45, 2.75) is 0 Å². The zero-order valence-corrected chi connectivity index (χ0v) is 19.1. The minimum atomic E-state index is -0.696. The van der Waals surface area contributed by atoms with Gasteiger partial charge < -0.3 is 9.47 Å². The van der Waals surface area contributed by atoms with Crippen molar-refractivity contribution in [2.24, 2.45) is 0 Å². The van der Waals surface area contributed by atoms with Crippen LogP contribution in [-0.2, 0) is 9.47 Å². The van der Waals surface area contributed by atoms with Crippen LogP contribution in [0.5, 0.6) is 0 Å². The molecule has 0 bridgehead atoms. The van der Waals surface area contributed by atoms with Gasteiger partial charge in [-0.2, -0.15) is 5.10 Å². The zero-order valence-electron chi connectivity index (χ0n) is 19.1. The lowest BCUT2D eigenvalue weighted by atomic mass is 10.0. The Morgan fingerprint density at radius 1 is 0.743 bits per heavy atom. The van der Waals surface area contributed by atoms with Crippen molar-refractivity contribution in [3.8, 4) is 28.2 Å². The molecule has 0 aliphatic rings. The molecular formula is C28H21N3O4. The summed E-state index contributed by atoms with van der Waals surface area (Å²) in [4.78, 5) is 30.5. The summed E-state index contributed by atoms with van der Waals surface area (Å²) in [7, 11) is 2.53. The fourth-order valence-corrected chi connectivity index (χ4v) is 3.99. The quantitative estimate of drug-likeness (QED) is 0.328. The number of para-hydroxylation sites is 1. The molecule has 0 spiro atoms. The monoisotopic (exact) mass is 463 g/mol. The average molecular weight is 463 g/mol. The average Bonchev–Trinajstić information content (AvgIpc) is 3.33. The van der Waals surface area contributed by atoms with E-state index in [-0.39, 0.29) is 11.3 Å². The molecule has 0 radical (unpaired) electrons. The first kappa shape index (κ1) is 22.0. The van der Waals surface area contributed by atoms with Gasteiger partial charge in [0.2, 0.25) is 0 Å². The van der Waals surface area contributed by atoms with E-state index < -0.39 is 11.9 Å². The highest BCUT2D eigenvalue weighted by Crippen LogP contribution is 2.31. The molecule has 0 amide bonds. The topological polar surface area (TPSA) is 83.3 Å². The summed E-state index contributed by atoms with van der Waals surface area (Å²) in [6.45, 7) is 0. The van der Waals surface area contributed by atoms with Gasteiger partial charge in [0.15, 0.2) is 5.69 Å². The van der Waals surface area contributed by atoms with Gasteiger partial charge in [0.1, 0.15) is 11.3 Å². The van der Waals surface area contributed by atoms with Crippen molar-refractivity contribution in [3.05, 3.63) is 102 Å². The molecule has 0 aliphatic heterocycles. The highest BCUT2D eigenvalue weighted by atomic mass is 16.5. The van der Waals surface area contributed by atoms with Gasteiger partial charge in [-0.3, -0.25) is 0 Å². The predicted molar refractivity (Wildman–Crippen MR) is 132 cm³/mol. The van der Waals surface area contributed by atoms with E-state index >= 15 is 0 Å². The van der Waals surface area contributed by atoms with E-state index in [1.165, 1.54) is 18.9 Å². The first-order chi connectivity index (χ1) is 17.1. The molecule has 0 saturated heterocycles. The lowest BCUT2D eigenvalue weighted by Crippen LogP contribution is -2.15. The maximum absolute atomic E-state index is 12.9. The molecule has 0 aliphatic carbocycles. The van der Waals surface area contributed by atoms with Gasteiger partial charge in [0.25, 0.3) is 0 Å². The Morgan fingerprint density at radius 2 is 1.40 bits per heavy atom. The molecule has 2 aromatic heterocycles. The number of fused-ring (bicyclic) bond motifs is 1. The largest absolute Gasteiger partial charge is 0.465 e. The van der Waals surface area contributed by atoms with Gasteiger partial charge in [-0.25, -0.2) is 19.3 Å². The van der Waals surface area contributed by atoms with Crippen LogP contribution in [0.25, 0.3) is 39.1 Å². The SMILES string of the molecule is COC(=O)c1c(-c2ccc3ccc(-c4ccccc4)nc3c2)nn(-c2ccccc2)c1C(=O)OC. The van der Waals surface area contributed by atoms with Crippen LogP contribution in [0.3, 0.4) is 0 Å². The molecule has 5 aromatic rings. The number of pyridine rings is 1. The maximum atomic E-state index is 12.9. The fourth-order valence-electron chi connectivity index (χ4n) is 3.99. The zero-order chi connectivity index (χ0) is 24.4. The first-order valence-corrected chi connectivity index (χ1v) is 10.9. The van der Waals surface area contributed by atoms with Crippen molar-refractivity contribution in [3.63, 3.8) is 0 Å². The van der Waals surface area contributed by atoms with Gasteiger partial charge >= 0.3 is 11.9 Å². The standard InChI is InChI=1S/C28H21N3O4/c1-34-27(32)24-25(30-31(26(24)28(33)35-2)21-11-7-4-8-12-21)20-14-13-19-15-16-22(29-23(19)17-20)18-9-5-3-6-10-18/h3-17H,1-2H3. The van der Waals surface area contributed by atoms with E-state index in [1.807, 2.05) is 78.9 Å². The molecule has 35 heavy (non-hydrogen) atoms. The lowest BCUT2D eigenvalue weighted by molar-refractivity contribution is 0.0549. The van der Waals surface area contributed by atoms with Crippen LogP contribution in [0.4, 0.5) is 0 Å². The molecule has 3 aromatic carbocycles. The summed E-state index contributed by atoms with van der Waals surface area (Å²) in [6, 6.07) is 28.5. The van der Waals surface area contributed by atoms with Crippen LogP contribution in [0.1, 0.15) is 20.8 Å².